The molecule has 27 heavy (non-hydrogen) atoms. The van der Waals surface area contributed by atoms with Crippen LogP contribution >= 0.6 is 11.6 Å². The number of ketones is 1. The summed E-state index contributed by atoms with van der Waals surface area (Å²) in [5.74, 6) is -0.856. The van der Waals surface area contributed by atoms with Gasteiger partial charge in [-0.2, -0.15) is 0 Å². The molecule has 0 fully saturated rings. The van der Waals surface area contributed by atoms with E-state index in [1.807, 2.05) is 0 Å². The van der Waals surface area contributed by atoms with Crippen molar-refractivity contribution in [3.63, 3.8) is 0 Å². The van der Waals surface area contributed by atoms with Crippen molar-refractivity contribution in [3.8, 4) is 11.5 Å². The first kappa shape index (κ1) is 20.3. The number of rotatable bonds is 7. The monoisotopic (exact) mass is 391 g/mol. The quantitative estimate of drug-likeness (QED) is 0.575. The highest BCUT2D eigenvalue weighted by atomic mass is 35.5. The maximum Gasteiger partial charge on any atom is 0.338 e. The molecule has 0 aliphatic rings. The summed E-state index contributed by atoms with van der Waals surface area (Å²) < 4.78 is 15.2. The van der Waals surface area contributed by atoms with Crippen LogP contribution in [0, 0.1) is 0 Å². The SMILES string of the molecule is COc1cc(C(=O)OCC(=O)Nc2cccc(C(C)=O)c2)cc(Cl)c1OC. The maximum atomic E-state index is 12.2. The van der Waals surface area contributed by atoms with E-state index in [2.05, 4.69) is 5.32 Å². The van der Waals surface area contributed by atoms with Gasteiger partial charge in [-0.25, -0.2) is 4.79 Å². The Labute approximate surface area is 161 Å². The van der Waals surface area contributed by atoms with Crippen LogP contribution in [0.2, 0.25) is 5.02 Å². The zero-order valence-corrected chi connectivity index (χ0v) is 15.8. The van der Waals surface area contributed by atoms with Crippen LogP contribution in [0.5, 0.6) is 11.5 Å². The molecule has 1 amide bonds. The number of benzene rings is 2. The van der Waals surface area contributed by atoms with Crippen molar-refractivity contribution in [1.29, 1.82) is 0 Å². The van der Waals surface area contributed by atoms with E-state index >= 15 is 0 Å². The number of carbonyl (C=O) groups excluding carboxylic acids is 3. The fraction of sp³-hybridized carbons (Fsp3) is 0.211. The molecule has 2 aromatic rings. The lowest BCUT2D eigenvalue weighted by Gasteiger charge is -2.11. The Morgan fingerprint density at radius 1 is 1.04 bits per heavy atom. The predicted molar refractivity (Wildman–Crippen MR) is 99.9 cm³/mol. The summed E-state index contributed by atoms with van der Waals surface area (Å²) in [7, 11) is 2.83. The van der Waals surface area contributed by atoms with E-state index in [0.717, 1.165) is 0 Å². The van der Waals surface area contributed by atoms with E-state index in [1.54, 1.807) is 18.2 Å². The average molecular weight is 392 g/mol. The van der Waals surface area contributed by atoms with Crippen molar-refractivity contribution < 1.29 is 28.6 Å². The molecular weight excluding hydrogens is 374 g/mol. The topological polar surface area (TPSA) is 90.9 Å². The molecular formula is C19H18ClNO6. The van der Waals surface area contributed by atoms with Crippen LogP contribution in [0.4, 0.5) is 5.69 Å². The Hall–Kier alpha value is -3.06. The average Bonchev–Trinajstić information content (AvgIpc) is 2.65. The predicted octanol–water partition coefficient (Wildman–Crippen LogP) is 3.36. The molecule has 0 heterocycles. The van der Waals surface area contributed by atoms with Gasteiger partial charge in [-0.05, 0) is 31.2 Å². The van der Waals surface area contributed by atoms with Gasteiger partial charge < -0.3 is 19.5 Å². The van der Waals surface area contributed by atoms with Crippen molar-refractivity contribution in [2.45, 2.75) is 6.92 Å². The minimum absolute atomic E-state index is 0.115. The third-order valence-corrected chi connectivity index (χ3v) is 3.84. The number of ether oxygens (including phenoxy) is 3. The number of amides is 1. The summed E-state index contributed by atoms with van der Waals surface area (Å²) >= 11 is 6.05. The van der Waals surface area contributed by atoms with E-state index in [0.29, 0.717) is 17.0 Å². The smallest absolute Gasteiger partial charge is 0.338 e. The Kier molecular flexibility index (Phi) is 6.79. The Bertz CT molecular complexity index is 880. The van der Waals surface area contributed by atoms with Gasteiger partial charge in [0, 0.05) is 11.3 Å². The fourth-order valence-corrected chi connectivity index (χ4v) is 2.55. The number of methoxy groups -OCH3 is 2. The normalized spacial score (nSPS) is 10.1. The molecule has 1 N–H and O–H groups in total. The van der Waals surface area contributed by atoms with Crippen molar-refractivity contribution >= 4 is 34.9 Å². The maximum absolute atomic E-state index is 12.2. The third kappa shape index (κ3) is 5.21. The molecule has 0 saturated heterocycles. The number of nitrogens with one attached hydrogen (secondary N) is 1. The lowest BCUT2D eigenvalue weighted by molar-refractivity contribution is -0.119. The van der Waals surface area contributed by atoms with Gasteiger partial charge in [-0.3, -0.25) is 9.59 Å². The summed E-state index contributed by atoms with van der Waals surface area (Å²) in [5.41, 5.74) is 1.01. The summed E-state index contributed by atoms with van der Waals surface area (Å²) in [4.78, 5) is 35.5. The second-order valence-corrected chi connectivity index (χ2v) is 5.86. The number of halogens is 1. The third-order valence-electron chi connectivity index (χ3n) is 3.56. The van der Waals surface area contributed by atoms with Gasteiger partial charge in [0.15, 0.2) is 23.9 Å². The Balaban J connectivity index is 2.01. The molecule has 0 saturated carbocycles. The minimum atomic E-state index is -0.745. The molecule has 0 bridgehead atoms. The number of anilines is 1. The minimum Gasteiger partial charge on any atom is -0.493 e. The zero-order valence-electron chi connectivity index (χ0n) is 15.0. The van der Waals surface area contributed by atoms with Gasteiger partial charge >= 0.3 is 5.97 Å². The second-order valence-electron chi connectivity index (χ2n) is 5.45. The van der Waals surface area contributed by atoms with Gasteiger partial charge in [0.05, 0.1) is 24.8 Å². The van der Waals surface area contributed by atoms with Crippen molar-refractivity contribution in [2.24, 2.45) is 0 Å². The van der Waals surface area contributed by atoms with E-state index in [-0.39, 0.29) is 22.1 Å². The lowest BCUT2D eigenvalue weighted by Crippen LogP contribution is -2.21. The van der Waals surface area contributed by atoms with Crippen LogP contribution in [-0.2, 0) is 9.53 Å². The molecule has 2 aromatic carbocycles. The van der Waals surface area contributed by atoms with Crippen LogP contribution in [0.25, 0.3) is 0 Å². The van der Waals surface area contributed by atoms with Gasteiger partial charge in [0.25, 0.3) is 5.91 Å². The molecule has 0 aromatic heterocycles. The van der Waals surface area contributed by atoms with Gasteiger partial charge in [-0.15, -0.1) is 0 Å². The summed E-state index contributed by atoms with van der Waals surface area (Å²) in [6, 6.07) is 9.21. The standard InChI is InChI=1S/C19H18ClNO6/c1-11(22)12-5-4-6-14(7-12)21-17(23)10-27-19(24)13-8-15(20)18(26-3)16(9-13)25-2/h4-9H,10H2,1-3H3,(H,21,23). The molecule has 0 unspecified atom stereocenters. The van der Waals surface area contributed by atoms with Crippen molar-refractivity contribution in [1.82, 2.24) is 0 Å². The van der Waals surface area contributed by atoms with E-state index < -0.39 is 18.5 Å². The van der Waals surface area contributed by atoms with Crippen LogP contribution < -0.4 is 14.8 Å². The highest BCUT2D eigenvalue weighted by Gasteiger charge is 2.17. The molecule has 0 atom stereocenters. The molecule has 142 valence electrons. The summed E-state index contributed by atoms with van der Waals surface area (Å²) in [6.45, 7) is 0.923. The number of esters is 1. The van der Waals surface area contributed by atoms with E-state index in [1.165, 1.54) is 39.3 Å². The fourth-order valence-electron chi connectivity index (χ4n) is 2.26. The molecule has 0 spiro atoms. The Morgan fingerprint density at radius 2 is 1.78 bits per heavy atom. The van der Waals surface area contributed by atoms with E-state index in [9.17, 15) is 14.4 Å². The van der Waals surface area contributed by atoms with Crippen LogP contribution in [-0.4, -0.2) is 38.5 Å². The van der Waals surface area contributed by atoms with Gasteiger partial charge in [0.2, 0.25) is 0 Å². The molecule has 8 heteroatoms. The molecule has 0 aliphatic heterocycles. The zero-order chi connectivity index (χ0) is 20.0. The number of carbonyl (C=O) groups is 3. The first-order chi connectivity index (χ1) is 12.8. The van der Waals surface area contributed by atoms with Gasteiger partial charge in [-0.1, -0.05) is 23.7 Å². The number of hydrogen-bond acceptors (Lipinski definition) is 6. The largest absolute Gasteiger partial charge is 0.493 e. The van der Waals surface area contributed by atoms with Crippen LogP contribution in [0.1, 0.15) is 27.6 Å². The lowest BCUT2D eigenvalue weighted by atomic mass is 10.1. The van der Waals surface area contributed by atoms with Crippen molar-refractivity contribution in [2.75, 3.05) is 26.1 Å². The summed E-state index contributed by atoms with van der Waals surface area (Å²) in [5, 5.41) is 2.73. The highest BCUT2D eigenvalue weighted by molar-refractivity contribution is 6.32. The number of Topliss-reactive ketones (excluding diaryl/α,β-unsaturated/α-hetero) is 1. The Morgan fingerprint density at radius 3 is 2.41 bits per heavy atom. The van der Waals surface area contributed by atoms with Crippen LogP contribution in [0.3, 0.4) is 0 Å². The van der Waals surface area contributed by atoms with E-state index in [4.69, 9.17) is 25.8 Å². The molecule has 0 aliphatic carbocycles. The molecule has 7 nitrogen and oxygen atoms in total. The second kappa shape index (κ2) is 9.05. The number of hydrogen-bond donors (Lipinski definition) is 1. The van der Waals surface area contributed by atoms with Crippen molar-refractivity contribution in [3.05, 3.63) is 52.5 Å². The molecule has 0 radical (unpaired) electrons. The highest BCUT2D eigenvalue weighted by Crippen LogP contribution is 2.36. The first-order valence-electron chi connectivity index (χ1n) is 7.85. The van der Waals surface area contributed by atoms with Gasteiger partial charge in [0.1, 0.15) is 0 Å². The molecule has 2 rings (SSSR count). The first-order valence-corrected chi connectivity index (χ1v) is 8.23. The summed E-state index contributed by atoms with van der Waals surface area (Å²) in [6.07, 6.45) is 0. The van der Waals surface area contributed by atoms with Crippen LogP contribution in [0.15, 0.2) is 36.4 Å².